The minimum atomic E-state index is -0.503. The lowest BCUT2D eigenvalue weighted by Gasteiger charge is -2.14. The van der Waals surface area contributed by atoms with Crippen molar-refractivity contribution in [1.82, 2.24) is 14.6 Å². The number of nitrogens with zero attached hydrogens (tertiary/aromatic N) is 3. The van der Waals surface area contributed by atoms with Crippen LogP contribution in [0.4, 0.5) is 5.82 Å². The van der Waals surface area contributed by atoms with Crippen LogP contribution in [-0.2, 0) is 11.3 Å². The third-order valence-corrected chi connectivity index (χ3v) is 4.07. The number of hydrogen-bond donors (Lipinski definition) is 1. The monoisotopic (exact) mass is 372 g/mol. The first-order chi connectivity index (χ1) is 13.1. The van der Waals surface area contributed by atoms with E-state index in [1.807, 2.05) is 12.1 Å². The molecule has 0 aliphatic heterocycles. The molecule has 0 fully saturated rings. The van der Waals surface area contributed by atoms with E-state index in [0.717, 1.165) is 5.56 Å². The summed E-state index contributed by atoms with van der Waals surface area (Å²) >= 11 is 0. The molecule has 1 aromatic carbocycles. The first kappa shape index (κ1) is 18.3. The van der Waals surface area contributed by atoms with E-state index in [9.17, 15) is 4.79 Å². The first-order valence-electron chi connectivity index (χ1n) is 8.06. The van der Waals surface area contributed by atoms with E-state index in [4.69, 9.17) is 18.9 Å². The number of esters is 1. The number of carbonyl (C=O) groups is 1. The lowest BCUT2D eigenvalue weighted by Crippen LogP contribution is -2.08. The molecule has 0 atom stereocenters. The van der Waals surface area contributed by atoms with E-state index in [-0.39, 0.29) is 0 Å². The number of carbonyl (C=O) groups excluding carboxylic acids is 1. The number of ether oxygens (including phenoxy) is 4. The Hall–Kier alpha value is -3.49. The van der Waals surface area contributed by atoms with Crippen molar-refractivity contribution in [2.75, 3.05) is 33.8 Å². The molecule has 2 aromatic heterocycles. The largest absolute Gasteiger partial charge is 0.497 e. The molecule has 142 valence electrons. The summed E-state index contributed by atoms with van der Waals surface area (Å²) in [6, 6.07) is 5.55. The quantitative estimate of drug-likeness (QED) is 0.630. The normalized spacial score (nSPS) is 10.5. The van der Waals surface area contributed by atoms with Crippen LogP contribution < -0.4 is 19.5 Å². The summed E-state index contributed by atoms with van der Waals surface area (Å²) in [4.78, 5) is 16.3. The molecule has 0 aliphatic rings. The van der Waals surface area contributed by atoms with Gasteiger partial charge >= 0.3 is 5.97 Å². The van der Waals surface area contributed by atoms with Crippen molar-refractivity contribution in [3.63, 3.8) is 0 Å². The molecule has 0 unspecified atom stereocenters. The van der Waals surface area contributed by atoms with Crippen LogP contribution >= 0.6 is 0 Å². The molecule has 9 heteroatoms. The predicted octanol–water partition coefficient (Wildman–Crippen LogP) is 2.15. The van der Waals surface area contributed by atoms with Crippen LogP contribution in [0.2, 0.25) is 0 Å². The lowest BCUT2D eigenvalue weighted by molar-refractivity contribution is 0.0602. The van der Waals surface area contributed by atoms with Gasteiger partial charge in [-0.05, 0) is 12.1 Å². The highest BCUT2D eigenvalue weighted by Crippen LogP contribution is 2.31. The second-order valence-corrected chi connectivity index (χ2v) is 5.50. The topological polar surface area (TPSA) is 96.2 Å². The van der Waals surface area contributed by atoms with E-state index >= 15 is 0 Å². The molecule has 27 heavy (non-hydrogen) atoms. The molecule has 0 spiro atoms. The third kappa shape index (κ3) is 3.43. The predicted molar refractivity (Wildman–Crippen MR) is 97.8 cm³/mol. The van der Waals surface area contributed by atoms with Gasteiger partial charge in [-0.2, -0.15) is 5.10 Å². The SMILES string of the molecule is COC(=O)c1cnn2cnc(NCc3ccc(OC)cc3OC)c(OC)c12. The van der Waals surface area contributed by atoms with E-state index < -0.39 is 5.97 Å². The molecular formula is C18H20N4O5. The standard InChI is InChI=1S/C18H20N4O5/c1-24-12-6-5-11(14(7-12)25-2)8-19-17-16(26-3)15-13(18(23)27-4)9-21-22(15)10-20-17/h5-7,9-10,19H,8H2,1-4H3. The van der Waals surface area contributed by atoms with Crippen molar-refractivity contribution in [3.05, 3.63) is 41.9 Å². The van der Waals surface area contributed by atoms with Crippen molar-refractivity contribution >= 4 is 17.3 Å². The van der Waals surface area contributed by atoms with E-state index in [1.54, 1.807) is 20.3 Å². The van der Waals surface area contributed by atoms with E-state index in [2.05, 4.69) is 15.4 Å². The lowest BCUT2D eigenvalue weighted by atomic mass is 10.2. The molecule has 9 nitrogen and oxygen atoms in total. The Balaban J connectivity index is 1.95. The van der Waals surface area contributed by atoms with Crippen LogP contribution in [0.15, 0.2) is 30.7 Å². The van der Waals surface area contributed by atoms with Gasteiger partial charge < -0.3 is 24.3 Å². The number of hydrogen-bond acceptors (Lipinski definition) is 8. The summed E-state index contributed by atoms with van der Waals surface area (Å²) in [7, 11) is 6.01. The molecule has 1 N–H and O–H groups in total. The molecule has 0 bridgehead atoms. The maximum Gasteiger partial charge on any atom is 0.341 e. The Morgan fingerprint density at radius 3 is 2.63 bits per heavy atom. The van der Waals surface area contributed by atoms with Gasteiger partial charge in [0.15, 0.2) is 11.6 Å². The zero-order chi connectivity index (χ0) is 19.4. The number of aromatic nitrogens is 3. The molecule has 0 saturated carbocycles. The molecule has 0 radical (unpaired) electrons. The molecule has 0 aliphatic carbocycles. The minimum absolute atomic E-state index is 0.293. The van der Waals surface area contributed by atoms with Gasteiger partial charge in [0.1, 0.15) is 28.9 Å². The van der Waals surface area contributed by atoms with Gasteiger partial charge in [0.25, 0.3) is 0 Å². The average Bonchev–Trinajstić information content (AvgIpc) is 3.15. The summed E-state index contributed by atoms with van der Waals surface area (Å²) in [5.74, 6) is 1.74. The molecule has 0 amide bonds. The molecule has 3 rings (SSSR count). The fourth-order valence-corrected chi connectivity index (χ4v) is 2.71. The van der Waals surface area contributed by atoms with Crippen LogP contribution in [0.5, 0.6) is 17.2 Å². The van der Waals surface area contributed by atoms with Crippen molar-refractivity contribution in [1.29, 1.82) is 0 Å². The van der Waals surface area contributed by atoms with Gasteiger partial charge in [-0.15, -0.1) is 0 Å². The number of methoxy groups -OCH3 is 4. The second kappa shape index (κ2) is 7.81. The first-order valence-corrected chi connectivity index (χ1v) is 8.06. The van der Waals surface area contributed by atoms with Gasteiger partial charge in [-0.1, -0.05) is 0 Å². The molecule has 3 aromatic rings. The van der Waals surface area contributed by atoms with Gasteiger partial charge in [-0.3, -0.25) is 0 Å². The van der Waals surface area contributed by atoms with Gasteiger partial charge in [-0.25, -0.2) is 14.3 Å². The van der Waals surface area contributed by atoms with Crippen molar-refractivity contribution in [3.8, 4) is 17.2 Å². The summed E-state index contributed by atoms with van der Waals surface area (Å²) in [6.07, 6.45) is 2.92. The summed E-state index contributed by atoms with van der Waals surface area (Å²) in [5, 5.41) is 7.32. The summed E-state index contributed by atoms with van der Waals surface area (Å²) in [5.41, 5.74) is 1.68. The number of nitrogens with one attached hydrogen (secondary N) is 1. The Morgan fingerprint density at radius 2 is 1.96 bits per heavy atom. The fraction of sp³-hybridized carbons (Fsp3) is 0.278. The highest BCUT2D eigenvalue weighted by Gasteiger charge is 2.20. The third-order valence-electron chi connectivity index (χ3n) is 4.07. The van der Waals surface area contributed by atoms with Crippen LogP contribution in [0.3, 0.4) is 0 Å². The number of benzene rings is 1. The number of fused-ring (bicyclic) bond motifs is 1. The highest BCUT2D eigenvalue weighted by molar-refractivity contribution is 5.99. The maximum atomic E-state index is 12.0. The van der Waals surface area contributed by atoms with Gasteiger partial charge in [0.2, 0.25) is 0 Å². The van der Waals surface area contributed by atoms with Crippen LogP contribution in [0.25, 0.3) is 5.52 Å². The molecular weight excluding hydrogens is 352 g/mol. The van der Waals surface area contributed by atoms with Crippen molar-refractivity contribution in [2.45, 2.75) is 6.54 Å². The van der Waals surface area contributed by atoms with Crippen LogP contribution in [-0.4, -0.2) is 49.0 Å². The van der Waals surface area contributed by atoms with Crippen LogP contribution in [0.1, 0.15) is 15.9 Å². The van der Waals surface area contributed by atoms with Crippen molar-refractivity contribution < 1.29 is 23.7 Å². The zero-order valence-electron chi connectivity index (χ0n) is 15.5. The van der Waals surface area contributed by atoms with Crippen molar-refractivity contribution in [2.24, 2.45) is 0 Å². The molecule has 2 heterocycles. The minimum Gasteiger partial charge on any atom is -0.497 e. The summed E-state index contributed by atoms with van der Waals surface area (Å²) < 4.78 is 22.4. The number of anilines is 1. The zero-order valence-corrected chi connectivity index (χ0v) is 15.5. The molecule has 0 saturated heterocycles. The average molecular weight is 372 g/mol. The van der Waals surface area contributed by atoms with E-state index in [1.165, 1.54) is 31.3 Å². The maximum absolute atomic E-state index is 12.0. The van der Waals surface area contributed by atoms with Gasteiger partial charge in [0, 0.05) is 18.2 Å². The Labute approximate surface area is 155 Å². The second-order valence-electron chi connectivity index (χ2n) is 5.50. The van der Waals surface area contributed by atoms with Gasteiger partial charge in [0.05, 0.1) is 34.6 Å². The fourth-order valence-electron chi connectivity index (χ4n) is 2.71. The highest BCUT2D eigenvalue weighted by atomic mass is 16.5. The Morgan fingerprint density at radius 1 is 1.15 bits per heavy atom. The summed E-state index contributed by atoms with van der Waals surface area (Å²) in [6.45, 7) is 0.425. The smallest absolute Gasteiger partial charge is 0.341 e. The van der Waals surface area contributed by atoms with E-state index in [0.29, 0.717) is 40.7 Å². The Bertz CT molecular complexity index is 970. The Kier molecular flexibility index (Phi) is 5.30. The number of rotatable bonds is 7. The van der Waals surface area contributed by atoms with Crippen LogP contribution in [0, 0.1) is 0 Å².